The zero-order valence-corrected chi connectivity index (χ0v) is 13.3. The zero-order valence-electron chi connectivity index (χ0n) is 13.3. The summed E-state index contributed by atoms with van der Waals surface area (Å²) in [6.07, 6.45) is 0.497. The van der Waals surface area contributed by atoms with Gasteiger partial charge in [0.25, 0.3) is 11.8 Å². The van der Waals surface area contributed by atoms with E-state index < -0.39 is 17.5 Å². The smallest absolute Gasteiger partial charge is 0.270 e. The fourth-order valence-electron chi connectivity index (χ4n) is 2.76. The Bertz CT molecular complexity index is 758. The summed E-state index contributed by atoms with van der Waals surface area (Å²) in [5, 5.41) is 3.77. The van der Waals surface area contributed by atoms with Gasteiger partial charge in [-0.2, -0.15) is 5.10 Å². The Balaban J connectivity index is 1.61. The number of hydrazone groups is 1. The van der Waals surface area contributed by atoms with Crippen molar-refractivity contribution in [2.24, 2.45) is 5.10 Å². The molecule has 3 rings (SSSR count). The molecule has 7 nitrogen and oxygen atoms in total. The molecule has 1 fully saturated rings. The zero-order chi connectivity index (χ0) is 18.0. The Morgan fingerprint density at radius 3 is 2.20 bits per heavy atom. The van der Waals surface area contributed by atoms with Gasteiger partial charge in [0.05, 0.1) is 5.56 Å². The van der Waals surface area contributed by atoms with Crippen molar-refractivity contribution in [2.45, 2.75) is 12.8 Å². The van der Waals surface area contributed by atoms with Crippen molar-refractivity contribution in [3.63, 3.8) is 0 Å². The molecule has 0 unspecified atom stereocenters. The van der Waals surface area contributed by atoms with Gasteiger partial charge in [0.15, 0.2) is 0 Å². The average molecular weight is 350 g/mol. The van der Waals surface area contributed by atoms with Gasteiger partial charge in [0.2, 0.25) is 5.91 Å². The Labute approximate surface area is 142 Å². The molecule has 1 aromatic rings. The number of rotatable bonds is 2. The summed E-state index contributed by atoms with van der Waals surface area (Å²) in [6.45, 7) is 1.03. The Kier molecular flexibility index (Phi) is 4.73. The normalized spacial score (nSPS) is 17.8. The molecule has 25 heavy (non-hydrogen) atoms. The van der Waals surface area contributed by atoms with Crippen LogP contribution in [0.2, 0.25) is 0 Å². The lowest BCUT2D eigenvalue weighted by Crippen LogP contribution is -2.52. The van der Waals surface area contributed by atoms with Gasteiger partial charge in [-0.25, -0.2) is 14.2 Å². The molecule has 2 aliphatic heterocycles. The van der Waals surface area contributed by atoms with Gasteiger partial charge in [-0.05, 0) is 12.1 Å². The molecule has 9 heteroatoms. The predicted molar refractivity (Wildman–Crippen MR) is 83.7 cm³/mol. The van der Waals surface area contributed by atoms with Crippen LogP contribution in [-0.4, -0.2) is 59.4 Å². The van der Waals surface area contributed by atoms with Crippen molar-refractivity contribution in [3.05, 3.63) is 35.4 Å². The summed E-state index contributed by atoms with van der Waals surface area (Å²) in [5.41, 5.74) is 2.36. The van der Waals surface area contributed by atoms with Crippen LogP contribution in [-0.2, 0) is 9.59 Å². The van der Waals surface area contributed by atoms with Crippen molar-refractivity contribution in [1.29, 1.82) is 0 Å². The van der Waals surface area contributed by atoms with E-state index in [0.29, 0.717) is 6.07 Å². The van der Waals surface area contributed by atoms with Crippen molar-refractivity contribution in [3.8, 4) is 0 Å². The molecular weight excluding hydrogens is 334 g/mol. The minimum absolute atomic E-state index is 0.194. The van der Waals surface area contributed by atoms with E-state index in [1.807, 2.05) is 0 Å². The molecule has 2 aliphatic rings. The third kappa shape index (κ3) is 3.65. The molecule has 0 saturated carbocycles. The summed E-state index contributed by atoms with van der Waals surface area (Å²) in [4.78, 5) is 38.7. The highest BCUT2D eigenvalue weighted by molar-refractivity contribution is 6.39. The Morgan fingerprint density at radius 1 is 1.00 bits per heavy atom. The maximum absolute atomic E-state index is 13.7. The second-order valence-electron chi connectivity index (χ2n) is 5.80. The van der Waals surface area contributed by atoms with Gasteiger partial charge in [-0.1, -0.05) is 0 Å². The van der Waals surface area contributed by atoms with Crippen LogP contribution in [0.4, 0.5) is 8.78 Å². The number of hydrogen-bond donors (Lipinski definition) is 1. The number of benzene rings is 1. The fraction of sp³-hybridized carbons (Fsp3) is 0.375. The number of carbonyl (C=O) groups excluding carboxylic acids is 3. The van der Waals surface area contributed by atoms with Crippen LogP contribution in [0.15, 0.2) is 23.3 Å². The van der Waals surface area contributed by atoms with Crippen molar-refractivity contribution in [1.82, 2.24) is 15.2 Å². The number of hydrogen-bond acceptors (Lipinski definition) is 4. The molecular formula is C16H16F2N4O3. The first-order valence-corrected chi connectivity index (χ1v) is 7.84. The minimum atomic E-state index is -0.907. The fourth-order valence-corrected chi connectivity index (χ4v) is 2.76. The van der Waals surface area contributed by atoms with Crippen LogP contribution in [0.1, 0.15) is 23.2 Å². The summed E-state index contributed by atoms with van der Waals surface area (Å²) in [6, 6.07) is 2.82. The topological polar surface area (TPSA) is 82.1 Å². The molecule has 132 valence electrons. The lowest BCUT2D eigenvalue weighted by molar-refractivity contribution is -0.126. The van der Waals surface area contributed by atoms with Crippen LogP contribution in [0.5, 0.6) is 0 Å². The summed E-state index contributed by atoms with van der Waals surface area (Å²) < 4.78 is 26.7. The maximum atomic E-state index is 13.7. The minimum Gasteiger partial charge on any atom is -0.335 e. The number of halogens is 2. The standard InChI is InChI=1S/C16H16F2N4O3/c17-10-1-2-11(12(18)9-10)15(24)21-5-7-22(8-6-21)16(25)13-3-4-14(23)20-19-13/h1-2,9H,3-8H2,(H,20,23). The molecule has 0 spiro atoms. The van der Waals surface area contributed by atoms with Crippen molar-refractivity contribution < 1.29 is 23.2 Å². The van der Waals surface area contributed by atoms with Crippen LogP contribution >= 0.6 is 0 Å². The number of carbonyl (C=O) groups is 3. The second kappa shape index (κ2) is 6.96. The molecule has 0 radical (unpaired) electrons. The van der Waals surface area contributed by atoms with Crippen molar-refractivity contribution >= 4 is 23.4 Å². The largest absolute Gasteiger partial charge is 0.335 e. The van der Waals surface area contributed by atoms with E-state index in [4.69, 9.17) is 0 Å². The quantitative estimate of drug-likeness (QED) is 0.844. The molecule has 0 aromatic heterocycles. The van der Waals surface area contributed by atoms with Crippen LogP contribution in [0.3, 0.4) is 0 Å². The van der Waals surface area contributed by atoms with Gasteiger partial charge < -0.3 is 9.80 Å². The summed E-state index contributed by atoms with van der Waals surface area (Å²) in [5.74, 6) is -2.69. The molecule has 0 atom stereocenters. The lowest BCUT2D eigenvalue weighted by Gasteiger charge is -2.35. The highest BCUT2D eigenvalue weighted by Gasteiger charge is 2.29. The highest BCUT2D eigenvalue weighted by Crippen LogP contribution is 2.15. The molecule has 1 N–H and O–H groups in total. The average Bonchev–Trinajstić information content (AvgIpc) is 2.61. The first-order chi connectivity index (χ1) is 12.0. The predicted octanol–water partition coefficient (Wildman–Crippen LogP) is 0.515. The first-order valence-electron chi connectivity index (χ1n) is 7.84. The van der Waals surface area contributed by atoms with E-state index in [9.17, 15) is 23.2 Å². The van der Waals surface area contributed by atoms with E-state index in [1.165, 1.54) is 4.90 Å². The van der Waals surface area contributed by atoms with E-state index in [-0.39, 0.29) is 62.1 Å². The third-order valence-electron chi connectivity index (χ3n) is 4.17. The van der Waals surface area contributed by atoms with Gasteiger partial charge in [0, 0.05) is 45.1 Å². The van der Waals surface area contributed by atoms with Gasteiger partial charge in [-0.15, -0.1) is 0 Å². The van der Waals surface area contributed by atoms with Crippen LogP contribution < -0.4 is 5.43 Å². The molecule has 3 amide bonds. The summed E-state index contributed by atoms with van der Waals surface area (Å²) >= 11 is 0. The second-order valence-corrected chi connectivity index (χ2v) is 5.80. The van der Waals surface area contributed by atoms with E-state index in [0.717, 1.165) is 12.1 Å². The van der Waals surface area contributed by atoms with Crippen LogP contribution in [0, 0.1) is 11.6 Å². The van der Waals surface area contributed by atoms with Gasteiger partial charge in [0.1, 0.15) is 17.3 Å². The van der Waals surface area contributed by atoms with E-state index in [2.05, 4.69) is 10.5 Å². The third-order valence-corrected chi connectivity index (χ3v) is 4.17. The van der Waals surface area contributed by atoms with E-state index in [1.54, 1.807) is 4.90 Å². The lowest BCUT2D eigenvalue weighted by atomic mass is 10.1. The van der Waals surface area contributed by atoms with Crippen LogP contribution in [0.25, 0.3) is 0 Å². The number of amides is 3. The highest BCUT2D eigenvalue weighted by atomic mass is 19.1. The van der Waals surface area contributed by atoms with Gasteiger partial charge >= 0.3 is 0 Å². The number of piperazine rings is 1. The van der Waals surface area contributed by atoms with E-state index >= 15 is 0 Å². The number of nitrogens with zero attached hydrogens (tertiary/aromatic N) is 3. The Hall–Kier alpha value is -2.84. The SMILES string of the molecule is O=C1CCC(C(=O)N2CCN(C(=O)c3ccc(F)cc3F)CC2)=NN1. The summed E-state index contributed by atoms with van der Waals surface area (Å²) in [7, 11) is 0. The maximum Gasteiger partial charge on any atom is 0.270 e. The number of nitrogens with one attached hydrogen (secondary N) is 1. The monoisotopic (exact) mass is 350 g/mol. The van der Waals surface area contributed by atoms with Gasteiger partial charge in [-0.3, -0.25) is 14.4 Å². The Morgan fingerprint density at radius 2 is 1.64 bits per heavy atom. The van der Waals surface area contributed by atoms with Crippen molar-refractivity contribution in [2.75, 3.05) is 26.2 Å². The molecule has 2 heterocycles. The molecule has 1 aromatic carbocycles. The molecule has 0 bridgehead atoms. The molecule has 0 aliphatic carbocycles. The molecule has 1 saturated heterocycles. The first kappa shape index (κ1) is 17.0.